The van der Waals surface area contributed by atoms with Gasteiger partial charge in [0.1, 0.15) is 5.82 Å². The second kappa shape index (κ2) is 4.92. The van der Waals surface area contributed by atoms with E-state index in [-0.39, 0.29) is 5.82 Å². The molecule has 2 aromatic rings. The molecule has 0 aliphatic carbocycles. The molecule has 1 atom stereocenters. The van der Waals surface area contributed by atoms with Crippen molar-refractivity contribution in [3.63, 3.8) is 0 Å². The highest BCUT2D eigenvalue weighted by Crippen LogP contribution is 2.33. The van der Waals surface area contributed by atoms with Crippen LogP contribution in [-0.2, 0) is 0 Å². The number of hydrogen-bond donors (Lipinski definition) is 1. The number of nitrogen functional groups attached to an aromatic ring is 1. The van der Waals surface area contributed by atoms with E-state index in [1.54, 1.807) is 6.07 Å². The molecule has 2 aromatic carbocycles. The van der Waals surface area contributed by atoms with Crippen molar-refractivity contribution < 1.29 is 4.39 Å². The minimum Gasteiger partial charge on any atom is -0.397 e. The first kappa shape index (κ1) is 12.0. The van der Waals surface area contributed by atoms with E-state index < -0.39 is 0 Å². The SMILES string of the molecule is Nc1cc(F)ccc1N1CCC(c2ccccc2)C1. The number of anilines is 2. The zero-order valence-corrected chi connectivity index (χ0v) is 10.7. The van der Waals surface area contributed by atoms with Crippen LogP contribution < -0.4 is 10.6 Å². The fourth-order valence-corrected chi connectivity index (χ4v) is 2.79. The number of hydrogen-bond acceptors (Lipinski definition) is 2. The molecule has 0 saturated carbocycles. The molecule has 1 aliphatic heterocycles. The van der Waals surface area contributed by atoms with E-state index in [0.29, 0.717) is 11.6 Å². The van der Waals surface area contributed by atoms with Gasteiger partial charge in [-0.2, -0.15) is 0 Å². The number of halogens is 1. The lowest BCUT2D eigenvalue weighted by Gasteiger charge is -2.20. The molecule has 0 spiro atoms. The lowest BCUT2D eigenvalue weighted by atomic mass is 9.99. The molecule has 2 N–H and O–H groups in total. The van der Waals surface area contributed by atoms with Crippen LogP contribution in [0.5, 0.6) is 0 Å². The van der Waals surface area contributed by atoms with Crippen LogP contribution >= 0.6 is 0 Å². The van der Waals surface area contributed by atoms with Gasteiger partial charge in [-0.1, -0.05) is 30.3 Å². The third-order valence-electron chi connectivity index (χ3n) is 3.79. The van der Waals surface area contributed by atoms with Crippen LogP contribution in [0, 0.1) is 5.82 Å². The molecule has 98 valence electrons. The normalized spacial score (nSPS) is 18.8. The Kier molecular flexibility index (Phi) is 3.11. The summed E-state index contributed by atoms with van der Waals surface area (Å²) in [5.41, 5.74) is 8.74. The molecular weight excluding hydrogens is 239 g/mol. The lowest BCUT2D eigenvalue weighted by molar-refractivity contribution is 0.628. The second-order valence-corrected chi connectivity index (χ2v) is 5.05. The maximum Gasteiger partial charge on any atom is 0.125 e. The van der Waals surface area contributed by atoms with E-state index in [1.807, 2.05) is 6.07 Å². The van der Waals surface area contributed by atoms with Gasteiger partial charge in [0.05, 0.1) is 11.4 Å². The average Bonchev–Trinajstić information content (AvgIpc) is 2.89. The molecule has 1 fully saturated rings. The predicted molar refractivity (Wildman–Crippen MR) is 76.8 cm³/mol. The molecule has 3 heteroatoms. The summed E-state index contributed by atoms with van der Waals surface area (Å²) < 4.78 is 13.1. The fraction of sp³-hybridized carbons (Fsp3) is 0.250. The number of nitrogens with zero attached hydrogens (tertiary/aromatic N) is 1. The van der Waals surface area contributed by atoms with Gasteiger partial charge in [0, 0.05) is 19.0 Å². The molecule has 1 saturated heterocycles. The van der Waals surface area contributed by atoms with Crippen LogP contribution in [0.1, 0.15) is 17.9 Å². The Balaban J connectivity index is 1.79. The van der Waals surface area contributed by atoms with Crippen molar-refractivity contribution in [1.29, 1.82) is 0 Å². The fourth-order valence-electron chi connectivity index (χ4n) is 2.79. The first-order valence-electron chi connectivity index (χ1n) is 6.59. The van der Waals surface area contributed by atoms with Gasteiger partial charge >= 0.3 is 0 Å². The maximum atomic E-state index is 13.1. The topological polar surface area (TPSA) is 29.3 Å². The average molecular weight is 256 g/mol. The largest absolute Gasteiger partial charge is 0.397 e. The first-order valence-corrected chi connectivity index (χ1v) is 6.59. The molecule has 1 aliphatic rings. The summed E-state index contributed by atoms with van der Waals surface area (Å²) in [5.74, 6) is 0.255. The molecule has 19 heavy (non-hydrogen) atoms. The summed E-state index contributed by atoms with van der Waals surface area (Å²) in [7, 11) is 0. The molecule has 0 radical (unpaired) electrons. The number of nitrogens with two attached hydrogens (primary N) is 1. The second-order valence-electron chi connectivity index (χ2n) is 5.05. The van der Waals surface area contributed by atoms with Gasteiger partial charge in [-0.3, -0.25) is 0 Å². The van der Waals surface area contributed by atoms with Crippen LogP contribution in [0.2, 0.25) is 0 Å². The van der Waals surface area contributed by atoms with Crippen LogP contribution in [0.15, 0.2) is 48.5 Å². The van der Waals surface area contributed by atoms with Crippen LogP contribution in [0.25, 0.3) is 0 Å². The van der Waals surface area contributed by atoms with Crippen molar-refractivity contribution in [2.45, 2.75) is 12.3 Å². The van der Waals surface area contributed by atoms with Crippen molar-refractivity contribution in [3.05, 3.63) is 59.9 Å². The lowest BCUT2D eigenvalue weighted by Crippen LogP contribution is -2.20. The Bertz CT molecular complexity index is 568. The van der Waals surface area contributed by atoms with E-state index in [0.717, 1.165) is 25.2 Å². The summed E-state index contributed by atoms with van der Waals surface area (Å²) >= 11 is 0. The number of benzene rings is 2. The highest BCUT2D eigenvalue weighted by molar-refractivity contribution is 5.68. The Morgan fingerprint density at radius 1 is 1.11 bits per heavy atom. The van der Waals surface area contributed by atoms with Crippen molar-refractivity contribution in [1.82, 2.24) is 0 Å². The summed E-state index contributed by atoms with van der Waals surface area (Å²) in [6, 6.07) is 15.2. The number of rotatable bonds is 2. The maximum absolute atomic E-state index is 13.1. The highest BCUT2D eigenvalue weighted by atomic mass is 19.1. The zero-order chi connectivity index (χ0) is 13.2. The monoisotopic (exact) mass is 256 g/mol. The molecule has 0 aromatic heterocycles. The van der Waals surface area contributed by atoms with Crippen LogP contribution in [0.3, 0.4) is 0 Å². The Morgan fingerprint density at radius 3 is 2.63 bits per heavy atom. The summed E-state index contributed by atoms with van der Waals surface area (Å²) in [5, 5.41) is 0. The Morgan fingerprint density at radius 2 is 1.89 bits per heavy atom. The van der Waals surface area contributed by atoms with Gasteiger partial charge in [-0.25, -0.2) is 4.39 Å². The molecule has 2 nitrogen and oxygen atoms in total. The van der Waals surface area contributed by atoms with Gasteiger partial charge in [-0.05, 0) is 30.2 Å². The van der Waals surface area contributed by atoms with E-state index in [2.05, 4.69) is 29.2 Å². The third kappa shape index (κ3) is 2.41. The quantitative estimate of drug-likeness (QED) is 0.834. The molecule has 1 heterocycles. The first-order chi connectivity index (χ1) is 9.24. The molecule has 0 amide bonds. The summed E-state index contributed by atoms with van der Waals surface area (Å²) in [4.78, 5) is 2.24. The van der Waals surface area contributed by atoms with Crippen LogP contribution in [-0.4, -0.2) is 13.1 Å². The summed E-state index contributed by atoms with van der Waals surface area (Å²) in [6.45, 7) is 1.91. The van der Waals surface area contributed by atoms with Crippen molar-refractivity contribution >= 4 is 11.4 Å². The smallest absolute Gasteiger partial charge is 0.125 e. The van der Waals surface area contributed by atoms with Crippen molar-refractivity contribution in [3.8, 4) is 0 Å². The van der Waals surface area contributed by atoms with Crippen molar-refractivity contribution in [2.24, 2.45) is 0 Å². The Hall–Kier alpha value is -2.03. The van der Waals surface area contributed by atoms with E-state index in [1.165, 1.54) is 17.7 Å². The highest BCUT2D eigenvalue weighted by Gasteiger charge is 2.24. The van der Waals surface area contributed by atoms with Crippen LogP contribution in [0.4, 0.5) is 15.8 Å². The summed E-state index contributed by atoms with van der Waals surface area (Å²) in [6.07, 6.45) is 1.11. The van der Waals surface area contributed by atoms with Gasteiger partial charge in [0.2, 0.25) is 0 Å². The standard InChI is InChI=1S/C16H17FN2/c17-14-6-7-16(15(18)10-14)19-9-8-13(11-19)12-4-2-1-3-5-12/h1-7,10,13H,8-9,11,18H2. The minimum absolute atomic E-state index is 0.278. The van der Waals surface area contributed by atoms with E-state index >= 15 is 0 Å². The molecule has 3 rings (SSSR count). The van der Waals surface area contributed by atoms with E-state index in [4.69, 9.17) is 5.73 Å². The third-order valence-corrected chi connectivity index (χ3v) is 3.79. The van der Waals surface area contributed by atoms with Gasteiger partial charge in [0.15, 0.2) is 0 Å². The zero-order valence-electron chi connectivity index (χ0n) is 10.7. The minimum atomic E-state index is -0.278. The molecular formula is C16H17FN2. The molecule has 1 unspecified atom stereocenters. The predicted octanol–water partition coefficient (Wildman–Crippen LogP) is 3.40. The Labute approximate surface area is 112 Å². The van der Waals surface area contributed by atoms with Crippen molar-refractivity contribution in [2.75, 3.05) is 23.7 Å². The van der Waals surface area contributed by atoms with Gasteiger partial charge in [-0.15, -0.1) is 0 Å². The molecule has 0 bridgehead atoms. The van der Waals surface area contributed by atoms with Gasteiger partial charge in [0.25, 0.3) is 0 Å². The van der Waals surface area contributed by atoms with E-state index in [9.17, 15) is 4.39 Å². The van der Waals surface area contributed by atoms with Gasteiger partial charge < -0.3 is 10.6 Å².